The number of imide groups is 1. The molecule has 3 amide bonds. The van der Waals surface area contributed by atoms with Gasteiger partial charge in [-0.25, -0.2) is 9.67 Å². The second-order valence-electron chi connectivity index (χ2n) is 14.8. The van der Waals surface area contributed by atoms with Crippen molar-refractivity contribution in [1.82, 2.24) is 40.4 Å². The van der Waals surface area contributed by atoms with Crippen molar-refractivity contribution in [3.63, 3.8) is 0 Å². The fourth-order valence-electron chi connectivity index (χ4n) is 8.29. The second-order valence-corrected chi connectivity index (χ2v) is 15.9. The SMILES string of the molecule is C[C@@H]1CNc2c(sc3ccc4nc(-c5cn(C6CCN(CCN7CCN(c8ccc(C9CCC(=O)NC9=O)cc8)CC7)CC6)nn5)ccc4c23)C(=O)N1. The van der Waals surface area contributed by atoms with Crippen LogP contribution >= 0.6 is 11.3 Å². The molecule has 0 saturated carbocycles. The minimum atomic E-state index is -0.240. The number of pyridine rings is 1. The first kappa shape index (κ1) is 33.9. The van der Waals surface area contributed by atoms with Gasteiger partial charge in [0.1, 0.15) is 10.6 Å². The van der Waals surface area contributed by atoms with Gasteiger partial charge in [-0.15, -0.1) is 16.4 Å². The van der Waals surface area contributed by atoms with E-state index < -0.39 is 0 Å². The summed E-state index contributed by atoms with van der Waals surface area (Å²) in [6.07, 6.45) is 5.10. The number of piperidine rings is 2. The molecule has 0 aliphatic carbocycles. The van der Waals surface area contributed by atoms with Crippen LogP contribution in [0.2, 0.25) is 0 Å². The molecule has 0 spiro atoms. The molecular weight excluding hydrogens is 689 g/mol. The normalized spacial score (nSPS) is 22.1. The van der Waals surface area contributed by atoms with Crippen molar-refractivity contribution in [3.8, 4) is 11.4 Å². The highest BCUT2D eigenvalue weighted by molar-refractivity contribution is 7.21. The molecule has 274 valence electrons. The number of benzene rings is 2. The zero-order valence-electron chi connectivity index (χ0n) is 29.9. The quantitative estimate of drug-likeness (QED) is 0.208. The number of carbonyl (C=O) groups excluding carboxylic acids is 3. The van der Waals surface area contributed by atoms with Crippen LogP contribution in [0.5, 0.6) is 0 Å². The highest BCUT2D eigenvalue weighted by atomic mass is 32.1. The van der Waals surface area contributed by atoms with Gasteiger partial charge in [0.25, 0.3) is 5.91 Å². The Kier molecular flexibility index (Phi) is 9.04. The number of nitrogens with zero attached hydrogens (tertiary/aromatic N) is 7. The predicted molar refractivity (Wildman–Crippen MR) is 206 cm³/mol. The molecule has 3 saturated heterocycles. The highest BCUT2D eigenvalue weighted by Gasteiger charge is 2.29. The van der Waals surface area contributed by atoms with Crippen LogP contribution in [-0.2, 0) is 9.59 Å². The summed E-state index contributed by atoms with van der Waals surface area (Å²) in [5.41, 5.74) is 5.51. The third-order valence-corrected chi connectivity index (χ3v) is 12.6. The van der Waals surface area contributed by atoms with Gasteiger partial charge in [0.15, 0.2) is 0 Å². The molecule has 4 aliphatic rings. The van der Waals surface area contributed by atoms with E-state index in [-0.39, 0.29) is 29.7 Å². The number of anilines is 2. The summed E-state index contributed by atoms with van der Waals surface area (Å²) in [5, 5.41) is 20.2. The van der Waals surface area contributed by atoms with Crippen molar-refractivity contribution in [2.45, 2.75) is 50.6 Å². The number of aromatic nitrogens is 4. The number of fused-ring (bicyclic) bond motifs is 5. The van der Waals surface area contributed by atoms with E-state index >= 15 is 0 Å². The van der Waals surface area contributed by atoms with Gasteiger partial charge >= 0.3 is 0 Å². The van der Waals surface area contributed by atoms with Crippen LogP contribution in [0.25, 0.3) is 32.4 Å². The summed E-state index contributed by atoms with van der Waals surface area (Å²) in [4.78, 5) is 49.9. The summed E-state index contributed by atoms with van der Waals surface area (Å²) in [5.74, 6) is -0.627. The van der Waals surface area contributed by atoms with Crippen LogP contribution in [0, 0.1) is 0 Å². The van der Waals surface area contributed by atoms with Crippen LogP contribution in [0.3, 0.4) is 0 Å². The average molecular weight is 733 g/mol. The maximum absolute atomic E-state index is 12.8. The first-order valence-electron chi connectivity index (χ1n) is 18.8. The lowest BCUT2D eigenvalue weighted by Crippen LogP contribution is -2.49. The first-order chi connectivity index (χ1) is 25.9. The summed E-state index contributed by atoms with van der Waals surface area (Å²) in [7, 11) is 0. The molecule has 0 radical (unpaired) electrons. The topological polar surface area (TPSA) is 141 Å². The Labute approximate surface area is 311 Å². The smallest absolute Gasteiger partial charge is 0.263 e. The van der Waals surface area contributed by atoms with E-state index in [1.165, 1.54) is 17.0 Å². The summed E-state index contributed by atoms with van der Waals surface area (Å²) < 4.78 is 3.10. The molecule has 3 fully saturated rings. The molecule has 3 N–H and O–H groups in total. The van der Waals surface area contributed by atoms with E-state index in [0.29, 0.717) is 25.4 Å². The number of hydrogen-bond acceptors (Lipinski definition) is 11. The Bertz CT molecular complexity index is 2180. The molecule has 53 heavy (non-hydrogen) atoms. The van der Waals surface area contributed by atoms with Crippen LogP contribution in [0.15, 0.2) is 54.7 Å². The number of carbonyl (C=O) groups is 3. The molecule has 4 aliphatic heterocycles. The molecule has 3 aromatic heterocycles. The van der Waals surface area contributed by atoms with Crippen molar-refractivity contribution in [3.05, 3.63) is 65.2 Å². The lowest BCUT2D eigenvalue weighted by Gasteiger charge is -2.38. The Morgan fingerprint density at radius 1 is 0.849 bits per heavy atom. The molecule has 13 nitrogen and oxygen atoms in total. The fraction of sp³-hybridized carbons (Fsp3) is 0.436. The number of hydrogen-bond donors (Lipinski definition) is 3. The minimum absolute atomic E-state index is 0.0249. The van der Waals surface area contributed by atoms with Gasteiger partial charge in [0.05, 0.1) is 35.1 Å². The third kappa shape index (κ3) is 6.75. The Morgan fingerprint density at radius 2 is 1.62 bits per heavy atom. The maximum Gasteiger partial charge on any atom is 0.263 e. The minimum Gasteiger partial charge on any atom is -0.381 e. The largest absolute Gasteiger partial charge is 0.381 e. The average Bonchev–Trinajstić information content (AvgIpc) is 3.80. The van der Waals surface area contributed by atoms with E-state index in [2.05, 4.69) is 65.2 Å². The number of nitrogens with one attached hydrogen (secondary N) is 3. The molecule has 9 rings (SSSR count). The van der Waals surface area contributed by atoms with E-state index in [1.807, 2.05) is 42.1 Å². The van der Waals surface area contributed by atoms with E-state index in [0.717, 1.165) is 114 Å². The molecule has 14 heteroatoms. The third-order valence-electron chi connectivity index (χ3n) is 11.4. The van der Waals surface area contributed by atoms with Gasteiger partial charge in [-0.05, 0) is 68.1 Å². The highest BCUT2D eigenvalue weighted by Crippen LogP contribution is 2.41. The number of rotatable bonds is 7. The molecular formula is C39H44N10O3S. The standard InChI is InChI=1S/C39H44N10O3S/c1-24-22-40-36-35-29-6-8-31(42-30(29)9-10-33(35)53-37(36)39(52)41-24)32-23-49(45-44-32)27-12-14-46(15-13-27)16-17-47-18-20-48(21-19-47)26-4-2-25(3-5-26)28-7-11-34(50)43-38(28)51/h2-6,8-10,23-24,27-28,40H,7,11-22H2,1H3,(H,41,52)(H,43,50,51)/t24-,28?/m1/s1. The van der Waals surface area contributed by atoms with E-state index in [4.69, 9.17) is 4.98 Å². The van der Waals surface area contributed by atoms with Gasteiger partial charge in [-0.1, -0.05) is 17.3 Å². The fourth-order valence-corrected chi connectivity index (χ4v) is 9.39. The van der Waals surface area contributed by atoms with Crippen molar-refractivity contribution in [2.75, 3.05) is 69.1 Å². The maximum atomic E-state index is 12.8. The summed E-state index contributed by atoms with van der Waals surface area (Å²) >= 11 is 1.52. The zero-order chi connectivity index (χ0) is 36.1. The molecule has 7 heterocycles. The van der Waals surface area contributed by atoms with Gasteiger partial charge < -0.3 is 20.4 Å². The number of amides is 3. The lowest BCUT2D eigenvalue weighted by atomic mass is 9.90. The Morgan fingerprint density at radius 3 is 2.40 bits per heavy atom. The van der Waals surface area contributed by atoms with Crippen molar-refractivity contribution in [2.24, 2.45) is 0 Å². The monoisotopic (exact) mass is 732 g/mol. The van der Waals surface area contributed by atoms with Gasteiger partial charge in [0.2, 0.25) is 11.8 Å². The molecule has 2 aromatic carbocycles. The summed E-state index contributed by atoms with van der Waals surface area (Å²) in [6, 6.07) is 16.9. The number of thiophene rings is 1. The van der Waals surface area contributed by atoms with Crippen molar-refractivity contribution < 1.29 is 14.4 Å². The molecule has 2 atom stereocenters. The van der Waals surface area contributed by atoms with Crippen molar-refractivity contribution >= 4 is 61.4 Å². The summed E-state index contributed by atoms with van der Waals surface area (Å²) in [6.45, 7) is 10.9. The van der Waals surface area contributed by atoms with E-state index in [9.17, 15) is 14.4 Å². The van der Waals surface area contributed by atoms with Crippen LogP contribution in [0.1, 0.15) is 59.8 Å². The van der Waals surface area contributed by atoms with Gasteiger partial charge in [-0.3, -0.25) is 24.6 Å². The second kappa shape index (κ2) is 14.1. The van der Waals surface area contributed by atoms with Gasteiger partial charge in [0, 0.05) is 92.5 Å². The first-order valence-corrected chi connectivity index (χ1v) is 19.6. The zero-order valence-corrected chi connectivity index (χ0v) is 30.7. The van der Waals surface area contributed by atoms with Crippen LogP contribution in [0.4, 0.5) is 11.4 Å². The van der Waals surface area contributed by atoms with Gasteiger partial charge in [-0.2, -0.15) is 0 Å². The Hall–Kier alpha value is -4.92. The van der Waals surface area contributed by atoms with Crippen LogP contribution < -0.4 is 20.9 Å². The Balaban J connectivity index is 0.762. The van der Waals surface area contributed by atoms with Crippen molar-refractivity contribution in [1.29, 1.82) is 0 Å². The molecule has 1 unspecified atom stereocenters. The number of piperazine rings is 1. The molecule has 5 aromatic rings. The van der Waals surface area contributed by atoms with Crippen LogP contribution in [-0.4, -0.2) is 112 Å². The lowest BCUT2D eigenvalue weighted by molar-refractivity contribution is -0.134. The van der Waals surface area contributed by atoms with E-state index in [1.54, 1.807) is 0 Å². The molecule has 0 bridgehead atoms. The predicted octanol–water partition coefficient (Wildman–Crippen LogP) is 4.23. The number of likely N-dealkylation sites (tertiary alicyclic amines) is 1.